The minimum absolute atomic E-state index is 0.00499. The van der Waals surface area contributed by atoms with E-state index in [9.17, 15) is 22.4 Å². The van der Waals surface area contributed by atoms with Crippen LogP contribution in [-0.2, 0) is 0 Å². The number of piperidine rings is 1. The Bertz CT molecular complexity index is 737. The van der Waals surface area contributed by atoms with E-state index in [0.29, 0.717) is 5.56 Å². The molecule has 0 unspecified atom stereocenters. The summed E-state index contributed by atoms with van der Waals surface area (Å²) >= 11 is 0. The fraction of sp³-hybridized carbons (Fsp3) is 0.400. The van der Waals surface area contributed by atoms with Crippen LogP contribution in [0.2, 0.25) is 0 Å². The van der Waals surface area contributed by atoms with Gasteiger partial charge in [0.25, 0.3) is 0 Å². The summed E-state index contributed by atoms with van der Waals surface area (Å²) < 4.78 is 56.0. The number of amides is 2. The summed E-state index contributed by atoms with van der Waals surface area (Å²) in [5.74, 6) is -1.71. The Kier molecular flexibility index (Phi) is 4.60. The number of aromatic nitrogens is 2. The van der Waals surface area contributed by atoms with Gasteiger partial charge in [-0.3, -0.25) is 5.32 Å². The van der Waals surface area contributed by atoms with Gasteiger partial charge in [-0.2, -0.15) is 13.2 Å². The molecule has 1 aromatic carbocycles. The topological polar surface area (TPSA) is 71.3 Å². The number of benzene rings is 1. The van der Waals surface area contributed by atoms with Crippen LogP contribution >= 0.6 is 0 Å². The van der Waals surface area contributed by atoms with E-state index >= 15 is 0 Å². The second-order valence-electron chi connectivity index (χ2n) is 5.65. The smallest absolute Gasteiger partial charge is 0.391 e. The van der Waals surface area contributed by atoms with Crippen molar-refractivity contribution in [3.63, 3.8) is 0 Å². The Hall–Kier alpha value is -2.65. The average Bonchev–Trinajstić information content (AvgIpc) is 3.03. The number of likely N-dealkylation sites (tertiary alicyclic amines) is 1. The quantitative estimate of drug-likeness (QED) is 0.832. The number of nitrogens with one attached hydrogen (secondary N) is 1. The highest BCUT2D eigenvalue weighted by atomic mass is 19.4. The molecule has 1 fully saturated rings. The second-order valence-corrected chi connectivity index (χ2v) is 5.65. The van der Waals surface area contributed by atoms with Crippen LogP contribution in [0, 0.1) is 11.7 Å². The monoisotopic (exact) mass is 358 g/mol. The highest BCUT2D eigenvalue weighted by molar-refractivity contribution is 5.87. The van der Waals surface area contributed by atoms with Crippen molar-refractivity contribution in [3.8, 4) is 11.5 Å². The third-order valence-electron chi connectivity index (χ3n) is 3.98. The summed E-state index contributed by atoms with van der Waals surface area (Å²) in [4.78, 5) is 13.3. The number of carbonyl (C=O) groups excluding carboxylic acids is 1. The molecule has 2 heterocycles. The first kappa shape index (κ1) is 17.2. The largest absolute Gasteiger partial charge is 0.403 e. The van der Waals surface area contributed by atoms with Crippen molar-refractivity contribution in [3.05, 3.63) is 30.1 Å². The Balaban J connectivity index is 1.58. The molecule has 10 heteroatoms. The summed E-state index contributed by atoms with van der Waals surface area (Å²) in [7, 11) is 0. The molecule has 0 radical (unpaired) electrons. The third kappa shape index (κ3) is 4.06. The Morgan fingerprint density at radius 2 is 1.80 bits per heavy atom. The molecular weight excluding hydrogens is 344 g/mol. The summed E-state index contributed by atoms with van der Waals surface area (Å²) in [6, 6.07) is 4.55. The molecule has 0 spiro atoms. The zero-order chi connectivity index (χ0) is 18.0. The normalized spacial score (nSPS) is 16.1. The highest BCUT2D eigenvalue weighted by Gasteiger charge is 2.41. The number of hydrogen-bond donors (Lipinski definition) is 1. The number of rotatable bonds is 2. The highest BCUT2D eigenvalue weighted by Crippen LogP contribution is 2.34. The first-order valence-electron chi connectivity index (χ1n) is 7.55. The summed E-state index contributed by atoms with van der Waals surface area (Å²) in [6.07, 6.45) is -4.51. The summed E-state index contributed by atoms with van der Waals surface area (Å²) in [5, 5.41) is 9.75. The van der Waals surface area contributed by atoms with Crippen LogP contribution in [0.5, 0.6) is 0 Å². The van der Waals surface area contributed by atoms with Crippen molar-refractivity contribution in [2.75, 3.05) is 18.4 Å². The van der Waals surface area contributed by atoms with E-state index in [1.807, 2.05) is 0 Å². The maximum Gasteiger partial charge on any atom is 0.391 e. The standard InChI is InChI=1S/C15H14F4N4O2/c16-11-3-1-9(2-4-11)12-21-22-13(25-12)20-14(24)23-7-5-10(6-8-23)15(17,18)19/h1-4,10H,5-8H2,(H,20,22,24). The van der Waals surface area contributed by atoms with Gasteiger partial charge >= 0.3 is 18.2 Å². The SMILES string of the molecule is O=C(Nc1nnc(-c2ccc(F)cc2)o1)N1CCC(C(F)(F)F)CC1. The van der Waals surface area contributed by atoms with Gasteiger partial charge in [0, 0.05) is 18.7 Å². The molecule has 6 nitrogen and oxygen atoms in total. The molecule has 1 N–H and O–H groups in total. The molecule has 1 aliphatic rings. The first-order valence-corrected chi connectivity index (χ1v) is 7.55. The fourth-order valence-electron chi connectivity index (χ4n) is 2.56. The average molecular weight is 358 g/mol. The predicted molar refractivity (Wildman–Crippen MR) is 79.1 cm³/mol. The molecule has 1 aliphatic heterocycles. The van der Waals surface area contributed by atoms with Crippen LogP contribution in [0.4, 0.5) is 28.4 Å². The number of halogens is 4. The lowest BCUT2D eigenvalue weighted by Crippen LogP contribution is -2.44. The van der Waals surface area contributed by atoms with Crippen molar-refractivity contribution in [2.24, 2.45) is 5.92 Å². The van der Waals surface area contributed by atoms with Crippen LogP contribution in [-0.4, -0.2) is 40.4 Å². The molecule has 0 saturated carbocycles. The van der Waals surface area contributed by atoms with Crippen LogP contribution in [0.3, 0.4) is 0 Å². The van der Waals surface area contributed by atoms with Gasteiger partial charge in [-0.15, -0.1) is 5.10 Å². The maximum atomic E-state index is 12.9. The lowest BCUT2D eigenvalue weighted by molar-refractivity contribution is -0.183. The molecule has 134 valence electrons. The van der Waals surface area contributed by atoms with Crippen LogP contribution < -0.4 is 5.32 Å². The minimum atomic E-state index is -4.24. The lowest BCUT2D eigenvalue weighted by Gasteiger charge is -2.32. The molecular formula is C15H14F4N4O2. The Morgan fingerprint density at radius 3 is 2.40 bits per heavy atom. The van der Waals surface area contributed by atoms with Crippen LogP contribution in [0.1, 0.15) is 12.8 Å². The zero-order valence-electron chi connectivity index (χ0n) is 12.9. The molecule has 25 heavy (non-hydrogen) atoms. The van der Waals surface area contributed by atoms with Gasteiger partial charge in [0.15, 0.2) is 0 Å². The van der Waals surface area contributed by atoms with Crippen molar-refractivity contribution in [2.45, 2.75) is 19.0 Å². The number of nitrogens with zero attached hydrogens (tertiary/aromatic N) is 3. The van der Waals surface area contributed by atoms with E-state index in [1.54, 1.807) is 0 Å². The van der Waals surface area contributed by atoms with E-state index < -0.39 is 23.9 Å². The van der Waals surface area contributed by atoms with Crippen molar-refractivity contribution in [1.82, 2.24) is 15.1 Å². The molecule has 3 rings (SSSR count). The number of hydrogen-bond acceptors (Lipinski definition) is 4. The predicted octanol–water partition coefficient (Wildman–Crippen LogP) is 3.68. The molecule has 2 aromatic rings. The van der Waals surface area contributed by atoms with Gasteiger partial charge in [0.1, 0.15) is 5.82 Å². The van der Waals surface area contributed by atoms with E-state index in [-0.39, 0.29) is 37.8 Å². The molecule has 0 atom stereocenters. The van der Waals surface area contributed by atoms with Gasteiger partial charge in [0.2, 0.25) is 5.89 Å². The fourth-order valence-corrected chi connectivity index (χ4v) is 2.56. The minimum Gasteiger partial charge on any atom is -0.403 e. The Morgan fingerprint density at radius 1 is 1.16 bits per heavy atom. The molecule has 0 aliphatic carbocycles. The van der Waals surface area contributed by atoms with Gasteiger partial charge in [0.05, 0.1) is 5.92 Å². The van der Waals surface area contributed by atoms with E-state index in [4.69, 9.17) is 4.42 Å². The number of alkyl halides is 3. The lowest BCUT2D eigenvalue weighted by atomic mass is 9.96. The van der Waals surface area contributed by atoms with E-state index in [1.165, 1.54) is 29.2 Å². The van der Waals surface area contributed by atoms with Crippen molar-refractivity contribution < 1.29 is 26.8 Å². The van der Waals surface area contributed by atoms with Gasteiger partial charge in [-0.25, -0.2) is 9.18 Å². The summed E-state index contributed by atoms with van der Waals surface area (Å²) in [6.45, 7) is -0.00999. The molecule has 1 aromatic heterocycles. The van der Waals surface area contributed by atoms with Gasteiger partial charge in [-0.1, -0.05) is 5.10 Å². The number of urea groups is 1. The number of anilines is 1. The van der Waals surface area contributed by atoms with Crippen molar-refractivity contribution in [1.29, 1.82) is 0 Å². The Labute approximate surface area is 139 Å². The molecule has 0 bridgehead atoms. The maximum absolute atomic E-state index is 12.9. The summed E-state index contributed by atoms with van der Waals surface area (Å²) in [5.41, 5.74) is 0.473. The van der Waals surface area contributed by atoms with Crippen molar-refractivity contribution >= 4 is 12.0 Å². The third-order valence-corrected chi connectivity index (χ3v) is 3.98. The first-order chi connectivity index (χ1) is 11.8. The van der Waals surface area contributed by atoms with E-state index in [0.717, 1.165) is 0 Å². The number of carbonyl (C=O) groups is 1. The zero-order valence-corrected chi connectivity index (χ0v) is 12.9. The van der Waals surface area contributed by atoms with Gasteiger partial charge < -0.3 is 9.32 Å². The molecule has 1 saturated heterocycles. The van der Waals surface area contributed by atoms with Crippen LogP contribution in [0.25, 0.3) is 11.5 Å². The van der Waals surface area contributed by atoms with Gasteiger partial charge in [-0.05, 0) is 37.1 Å². The second kappa shape index (κ2) is 6.69. The molecule has 2 amide bonds. The van der Waals surface area contributed by atoms with Crippen LogP contribution in [0.15, 0.2) is 28.7 Å². The van der Waals surface area contributed by atoms with E-state index in [2.05, 4.69) is 15.5 Å².